The lowest BCUT2D eigenvalue weighted by Gasteiger charge is -2.20. The molecule has 1 fully saturated rings. The van der Waals surface area contributed by atoms with E-state index < -0.39 is 17.2 Å². The van der Waals surface area contributed by atoms with E-state index in [1.54, 1.807) is 29.2 Å². The van der Waals surface area contributed by atoms with Crippen molar-refractivity contribution in [1.29, 1.82) is 0 Å². The Morgan fingerprint density at radius 1 is 1.21 bits per heavy atom. The van der Waals surface area contributed by atoms with E-state index >= 15 is 0 Å². The maximum atomic E-state index is 12.7. The van der Waals surface area contributed by atoms with Gasteiger partial charge in [0, 0.05) is 26.2 Å². The summed E-state index contributed by atoms with van der Waals surface area (Å²) in [7, 11) is 1.48. The van der Waals surface area contributed by atoms with E-state index in [1.807, 2.05) is 0 Å². The molecule has 3 heterocycles. The Labute approximate surface area is 158 Å². The summed E-state index contributed by atoms with van der Waals surface area (Å²) in [6.45, 7) is 0.604. The number of amides is 2. The molecule has 28 heavy (non-hydrogen) atoms. The standard InChI is InChI=1S/C19H17N5O4/c1-23-16-12(18(27)22-19(23)28)9-11(10-20-16)17(26)21-13-5-2-3-6-14(13)24-8-4-7-15(24)25/h2-3,5-6,9-10H,4,7-8H2,1H3,(H,21,26)(H,22,27,28). The molecule has 0 radical (unpaired) electrons. The topological polar surface area (TPSA) is 117 Å². The molecule has 0 atom stereocenters. The first kappa shape index (κ1) is 17.7. The molecule has 0 bridgehead atoms. The normalized spacial score (nSPS) is 13.9. The van der Waals surface area contributed by atoms with Gasteiger partial charge in [0.15, 0.2) is 0 Å². The smallest absolute Gasteiger partial charge is 0.320 e. The molecule has 3 aromatic rings. The number of carbonyl (C=O) groups is 2. The summed E-state index contributed by atoms with van der Waals surface area (Å²) in [5.74, 6) is -0.455. The number of aromatic amines is 1. The van der Waals surface area contributed by atoms with E-state index in [0.29, 0.717) is 24.3 Å². The number of H-pyrrole nitrogens is 1. The minimum atomic E-state index is -0.608. The number of nitrogens with one attached hydrogen (secondary N) is 2. The third kappa shape index (κ3) is 2.96. The minimum absolute atomic E-state index is 0.0153. The molecule has 1 saturated heterocycles. The Morgan fingerprint density at radius 2 is 2.00 bits per heavy atom. The van der Waals surface area contributed by atoms with Gasteiger partial charge in [-0.1, -0.05) is 12.1 Å². The monoisotopic (exact) mass is 379 g/mol. The molecule has 4 rings (SSSR count). The van der Waals surface area contributed by atoms with Crippen LogP contribution in [-0.4, -0.2) is 32.9 Å². The second kappa shape index (κ2) is 6.76. The van der Waals surface area contributed by atoms with Crippen molar-refractivity contribution < 1.29 is 9.59 Å². The van der Waals surface area contributed by atoms with Crippen LogP contribution in [0.1, 0.15) is 23.2 Å². The second-order valence-electron chi connectivity index (χ2n) is 6.53. The van der Waals surface area contributed by atoms with Gasteiger partial charge < -0.3 is 10.2 Å². The van der Waals surface area contributed by atoms with Gasteiger partial charge in [-0.25, -0.2) is 9.78 Å². The predicted molar refractivity (Wildman–Crippen MR) is 104 cm³/mol. The van der Waals surface area contributed by atoms with E-state index in [2.05, 4.69) is 15.3 Å². The van der Waals surface area contributed by atoms with Crippen molar-refractivity contribution >= 4 is 34.2 Å². The zero-order valence-corrected chi connectivity index (χ0v) is 15.1. The van der Waals surface area contributed by atoms with Crippen molar-refractivity contribution in [2.45, 2.75) is 12.8 Å². The number of pyridine rings is 1. The number of para-hydroxylation sites is 2. The molecule has 0 spiro atoms. The third-order valence-corrected chi connectivity index (χ3v) is 4.73. The molecule has 142 valence electrons. The average Bonchev–Trinajstić information content (AvgIpc) is 3.12. The highest BCUT2D eigenvalue weighted by atomic mass is 16.2. The largest absolute Gasteiger partial charge is 0.329 e. The van der Waals surface area contributed by atoms with Gasteiger partial charge in [0.2, 0.25) is 5.91 Å². The quantitative estimate of drug-likeness (QED) is 0.704. The van der Waals surface area contributed by atoms with Crippen molar-refractivity contribution in [3.63, 3.8) is 0 Å². The van der Waals surface area contributed by atoms with Gasteiger partial charge in [0.1, 0.15) is 5.65 Å². The second-order valence-corrected chi connectivity index (χ2v) is 6.53. The number of hydrogen-bond acceptors (Lipinski definition) is 5. The lowest BCUT2D eigenvalue weighted by atomic mass is 10.2. The number of carbonyl (C=O) groups excluding carboxylic acids is 2. The fourth-order valence-electron chi connectivity index (χ4n) is 3.27. The molecule has 0 aliphatic carbocycles. The zero-order valence-electron chi connectivity index (χ0n) is 15.1. The number of hydrogen-bond donors (Lipinski definition) is 2. The highest BCUT2D eigenvalue weighted by Crippen LogP contribution is 2.29. The molecule has 1 aliphatic rings. The SMILES string of the molecule is Cn1c(=O)[nH]c(=O)c2cc(C(=O)Nc3ccccc3N3CCCC3=O)cnc21. The van der Waals surface area contributed by atoms with Crippen LogP contribution in [0.5, 0.6) is 0 Å². The highest BCUT2D eigenvalue weighted by molar-refractivity contribution is 6.08. The number of aromatic nitrogens is 3. The van der Waals surface area contributed by atoms with Crippen LogP contribution in [0.4, 0.5) is 11.4 Å². The number of rotatable bonds is 3. The van der Waals surface area contributed by atoms with E-state index in [9.17, 15) is 19.2 Å². The van der Waals surface area contributed by atoms with E-state index in [-0.39, 0.29) is 22.5 Å². The Kier molecular flexibility index (Phi) is 4.26. The summed E-state index contributed by atoms with van der Waals surface area (Å²) >= 11 is 0. The maximum absolute atomic E-state index is 12.7. The minimum Gasteiger partial charge on any atom is -0.320 e. The summed E-state index contributed by atoms with van der Waals surface area (Å²) < 4.78 is 1.20. The van der Waals surface area contributed by atoms with Crippen LogP contribution in [0, 0.1) is 0 Å². The fourth-order valence-corrected chi connectivity index (χ4v) is 3.27. The van der Waals surface area contributed by atoms with Gasteiger partial charge in [0.25, 0.3) is 11.5 Å². The Bertz CT molecular complexity index is 1230. The third-order valence-electron chi connectivity index (χ3n) is 4.73. The van der Waals surface area contributed by atoms with Crippen LogP contribution < -0.4 is 21.5 Å². The molecule has 2 N–H and O–H groups in total. The van der Waals surface area contributed by atoms with Crippen LogP contribution in [0.15, 0.2) is 46.1 Å². The van der Waals surface area contributed by atoms with Gasteiger partial charge in [0.05, 0.1) is 22.3 Å². The maximum Gasteiger partial charge on any atom is 0.329 e. The van der Waals surface area contributed by atoms with Crippen LogP contribution in [0.3, 0.4) is 0 Å². The molecule has 2 aromatic heterocycles. The molecule has 0 unspecified atom stereocenters. The van der Waals surface area contributed by atoms with Crippen LogP contribution in [0.2, 0.25) is 0 Å². The fraction of sp³-hybridized carbons (Fsp3) is 0.211. The molecular weight excluding hydrogens is 362 g/mol. The summed E-state index contributed by atoms with van der Waals surface area (Å²) in [6, 6.07) is 8.44. The number of nitrogens with zero attached hydrogens (tertiary/aromatic N) is 3. The summed E-state index contributed by atoms with van der Waals surface area (Å²) in [4.78, 5) is 56.4. The van der Waals surface area contributed by atoms with Crippen molar-refractivity contribution in [2.24, 2.45) is 7.05 Å². The highest BCUT2D eigenvalue weighted by Gasteiger charge is 2.24. The summed E-state index contributed by atoms with van der Waals surface area (Å²) in [5.41, 5.74) is 0.298. The van der Waals surface area contributed by atoms with Gasteiger partial charge in [-0.2, -0.15) is 0 Å². The van der Waals surface area contributed by atoms with Crippen molar-refractivity contribution in [3.8, 4) is 0 Å². The van der Waals surface area contributed by atoms with E-state index in [0.717, 1.165) is 6.42 Å². The molecule has 9 heteroatoms. The Morgan fingerprint density at radius 3 is 2.75 bits per heavy atom. The predicted octanol–water partition coefficient (Wildman–Crippen LogP) is 1.00. The van der Waals surface area contributed by atoms with Crippen molar-refractivity contribution in [2.75, 3.05) is 16.8 Å². The average molecular weight is 379 g/mol. The molecular formula is C19H17N5O4. The Hall–Kier alpha value is -3.75. The molecule has 1 aromatic carbocycles. The van der Waals surface area contributed by atoms with Crippen molar-refractivity contribution in [3.05, 3.63) is 62.9 Å². The van der Waals surface area contributed by atoms with Gasteiger partial charge in [-0.3, -0.25) is 23.9 Å². The lowest BCUT2D eigenvalue weighted by Crippen LogP contribution is -2.29. The summed E-state index contributed by atoms with van der Waals surface area (Å²) in [5, 5.41) is 2.92. The summed E-state index contributed by atoms with van der Waals surface area (Å²) in [6.07, 6.45) is 2.57. The van der Waals surface area contributed by atoms with E-state index in [1.165, 1.54) is 23.9 Å². The van der Waals surface area contributed by atoms with Crippen LogP contribution in [-0.2, 0) is 11.8 Å². The van der Waals surface area contributed by atoms with Gasteiger partial charge in [-0.15, -0.1) is 0 Å². The van der Waals surface area contributed by atoms with Gasteiger partial charge >= 0.3 is 5.69 Å². The van der Waals surface area contributed by atoms with Crippen LogP contribution in [0.25, 0.3) is 11.0 Å². The number of aryl methyl sites for hydroxylation is 1. The first-order valence-electron chi connectivity index (χ1n) is 8.75. The Balaban J connectivity index is 1.69. The molecule has 1 aliphatic heterocycles. The number of benzene rings is 1. The van der Waals surface area contributed by atoms with Crippen LogP contribution >= 0.6 is 0 Å². The molecule has 2 amide bonds. The number of fused-ring (bicyclic) bond motifs is 1. The number of anilines is 2. The molecule has 0 saturated carbocycles. The molecule has 9 nitrogen and oxygen atoms in total. The van der Waals surface area contributed by atoms with Gasteiger partial charge in [-0.05, 0) is 24.6 Å². The van der Waals surface area contributed by atoms with E-state index in [4.69, 9.17) is 0 Å². The first-order chi connectivity index (χ1) is 13.5. The first-order valence-corrected chi connectivity index (χ1v) is 8.75. The van der Waals surface area contributed by atoms with Crippen molar-refractivity contribution in [1.82, 2.24) is 14.5 Å². The zero-order chi connectivity index (χ0) is 19.8. The lowest BCUT2D eigenvalue weighted by molar-refractivity contribution is -0.117.